The fraction of sp³-hybridized carbons (Fsp3) is 0. The Morgan fingerprint density at radius 3 is 2.79 bits per heavy atom. The van der Waals surface area contributed by atoms with Crippen molar-refractivity contribution in [3.63, 3.8) is 0 Å². The van der Waals surface area contributed by atoms with Crippen LogP contribution in [-0.4, -0.2) is 35.4 Å². The summed E-state index contributed by atoms with van der Waals surface area (Å²) in [6.07, 6.45) is 1.72. The molecule has 0 atom stereocenters. The van der Waals surface area contributed by atoms with Gasteiger partial charge in [0.25, 0.3) is 0 Å². The fourth-order valence-electron chi connectivity index (χ4n) is 1.29. The number of hydrogen-bond acceptors (Lipinski definition) is 4. The minimum absolute atomic E-state index is 0.878. The monoisotopic (exact) mass is 304 g/mol. The maximum absolute atomic E-state index is 5.22. The molecule has 2 heterocycles. The third-order valence-corrected chi connectivity index (χ3v) is 5.05. The molecule has 14 heavy (non-hydrogen) atoms. The van der Waals surface area contributed by atoms with Crippen LogP contribution < -0.4 is 0 Å². The molecule has 0 aliphatic carbocycles. The number of benzene rings is 1. The normalized spacial score (nSPS) is 18.9. The predicted molar refractivity (Wildman–Crippen MR) is 54.4 cm³/mol. The number of rotatable bonds is 1. The molecule has 2 aliphatic heterocycles. The zero-order valence-electron chi connectivity index (χ0n) is 7.08. The van der Waals surface area contributed by atoms with E-state index in [1.54, 1.807) is 6.21 Å². The van der Waals surface area contributed by atoms with E-state index < -0.39 is 19.9 Å². The van der Waals surface area contributed by atoms with Crippen molar-refractivity contribution in [2.24, 2.45) is 10.3 Å². The van der Waals surface area contributed by atoms with E-state index in [-0.39, 0.29) is 0 Å². The molecule has 0 fully saturated rings. The quantitative estimate of drug-likeness (QED) is 0.716. The summed E-state index contributed by atoms with van der Waals surface area (Å²) in [4.78, 5) is 0. The fourth-order valence-corrected chi connectivity index (χ4v) is 3.84. The number of hydrogen-bond donors (Lipinski definition) is 0. The van der Waals surface area contributed by atoms with E-state index in [2.05, 4.69) is 10.3 Å². The average molecular weight is 302 g/mol. The third-order valence-electron chi connectivity index (χ3n) is 1.94. The molecular weight excluding hydrogens is 296 g/mol. The summed E-state index contributed by atoms with van der Waals surface area (Å²) in [6, 6.07) is 9.93. The van der Waals surface area contributed by atoms with Crippen molar-refractivity contribution in [2.75, 3.05) is 0 Å². The predicted octanol–water partition coefficient (Wildman–Crippen LogP) is 0.679. The van der Waals surface area contributed by atoms with Crippen LogP contribution in [0.1, 0.15) is 5.56 Å². The average Bonchev–Trinajstić information content (AvgIpc) is 2.79. The Kier molecular flexibility index (Phi) is 1.86. The Morgan fingerprint density at radius 2 is 1.93 bits per heavy atom. The van der Waals surface area contributed by atoms with Gasteiger partial charge in [0.2, 0.25) is 0 Å². The Morgan fingerprint density at radius 1 is 1.07 bits per heavy atom. The topological polar surface area (TPSA) is 43.2 Å². The molecule has 0 N–H and O–H groups in total. The van der Waals surface area contributed by atoms with Crippen LogP contribution in [0.4, 0.5) is 0 Å². The second kappa shape index (κ2) is 3.19. The van der Waals surface area contributed by atoms with Crippen molar-refractivity contribution in [2.45, 2.75) is 0 Å². The molecule has 0 saturated heterocycles. The van der Waals surface area contributed by atoms with E-state index >= 15 is 0 Å². The number of nitrogens with zero attached hydrogens (tertiary/aromatic N) is 2. The first-order valence-corrected chi connectivity index (χ1v) is 7.15. The number of oxime groups is 2. The van der Waals surface area contributed by atoms with Gasteiger partial charge in [-0.1, -0.05) is 0 Å². The van der Waals surface area contributed by atoms with Crippen LogP contribution in [0.3, 0.4) is 0 Å². The van der Waals surface area contributed by atoms with Crippen molar-refractivity contribution in [1.82, 2.24) is 0 Å². The van der Waals surface area contributed by atoms with E-state index in [1.165, 1.54) is 0 Å². The van der Waals surface area contributed by atoms with Gasteiger partial charge in [0.05, 0.1) is 0 Å². The van der Waals surface area contributed by atoms with Crippen LogP contribution in [0.5, 0.6) is 0 Å². The molecule has 1 aromatic rings. The van der Waals surface area contributed by atoms with Crippen molar-refractivity contribution >= 4 is 35.4 Å². The second-order valence-corrected chi connectivity index (χ2v) is 6.23. The van der Waals surface area contributed by atoms with Gasteiger partial charge in [0.15, 0.2) is 0 Å². The summed E-state index contributed by atoms with van der Waals surface area (Å²) in [5.74, 6) is 0. The molecule has 0 bridgehead atoms. The zero-order chi connectivity index (χ0) is 9.38. The molecule has 0 amide bonds. The van der Waals surface area contributed by atoms with Gasteiger partial charge in [-0.3, -0.25) is 0 Å². The molecule has 0 radical (unpaired) electrons. The van der Waals surface area contributed by atoms with Crippen molar-refractivity contribution in [1.29, 1.82) is 0 Å². The van der Waals surface area contributed by atoms with Gasteiger partial charge < -0.3 is 0 Å². The summed E-state index contributed by atoms with van der Waals surface area (Å²) in [7, 11) is 0. The second-order valence-electron chi connectivity index (χ2n) is 2.79. The van der Waals surface area contributed by atoms with Crippen molar-refractivity contribution in [3.8, 4) is 0 Å². The van der Waals surface area contributed by atoms with Gasteiger partial charge in [-0.2, -0.15) is 0 Å². The summed E-state index contributed by atoms with van der Waals surface area (Å²) in [5.41, 5.74) is 1.94. The Balaban J connectivity index is 2.06. The first kappa shape index (κ1) is 8.15. The van der Waals surface area contributed by atoms with Crippen LogP contribution in [0, 0.1) is 0 Å². The van der Waals surface area contributed by atoms with Gasteiger partial charge in [-0.05, 0) is 0 Å². The first-order chi connectivity index (χ1) is 6.95. The van der Waals surface area contributed by atoms with Gasteiger partial charge in [-0.15, -0.1) is 0 Å². The standard InChI is InChI=1S/C9H6N2O2Te/c1-2-4-7(5-3-1)9-8-6-10-12-14(8)13-11-9/h1-6H. The summed E-state index contributed by atoms with van der Waals surface area (Å²) < 4.78 is 11.4. The van der Waals surface area contributed by atoms with Crippen LogP contribution in [0.2, 0.25) is 0 Å². The molecule has 70 valence electrons. The molecule has 0 saturated carbocycles. The summed E-state index contributed by atoms with van der Waals surface area (Å²) >= 11 is -2.08. The molecule has 0 aromatic heterocycles. The third kappa shape index (κ3) is 1.17. The van der Waals surface area contributed by atoms with Crippen molar-refractivity contribution in [3.05, 3.63) is 35.9 Å². The Labute approximate surface area is 88.0 Å². The van der Waals surface area contributed by atoms with E-state index in [9.17, 15) is 0 Å². The maximum atomic E-state index is 5.22. The van der Waals surface area contributed by atoms with E-state index in [0.717, 1.165) is 14.8 Å². The van der Waals surface area contributed by atoms with Crippen molar-refractivity contribution < 1.29 is 6.40 Å². The molecule has 0 spiro atoms. The molecule has 1 aromatic carbocycles. The summed E-state index contributed by atoms with van der Waals surface area (Å²) in [5, 5.41) is 7.78. The molecular formula is C9H6N2O2Te. The van der Waals surface area contributed by atoms with Gasteiger partial charge in [-0.25, -0.2) is 0 Å². The molecule has 4 nitrogen and oxygen atoms in total. The Hall–Kier alpha value is -1.18. The zero-order valence-corrected chi connectivity index (χ0v) is 9.41. The molecule has 5 heteroatoms. The molecule has 3 rings (SSSR count). The molecule has 2 aliphatic rings. The van der Waals surface area contributed by atoms with E-state index in [4.69, 9.17) is 6.40 Å². The Bertz CT molecular complexity index is 465. The van der Waals surface area contributed by atoms with Crippen LogP contribution in [-0.2, 0) is 6.40 Å². The van der Waals surface area contributed by atoms with Gasteiger partial charge >= 0.3 is 88.0 Å². The van der Waals surface area contributed by atoms with E-state index in [0.29, 0.717) is 0 Å². The van der Waals surface area contributed by atoms with Gasteiger partial charge in [0, 0.05) is 0 Å². The van der Waals surface area contributed by atoms with Crippen LogP contribution in [0.15, 0.2) is 40.6 Å². The van der Waals surface area contributed by atoms with Gasteiger partial charge in [0.1, 0.15) is 0 Å². The SMILES string of the molecule is C1=NO[Te]2=C1C(c1ccccc1)=NO2. The minimum atomic E-state index is -2.08. The van der Waals surface area contributed by atoms with Crippen LogP contribution >= 0.6 is 0 Å². The summed E-state index contributed by atoms with van der Waals surface area (Å²) in [6.45, 7) is 0. The molecule has 0 unspecified atom stereocenters. The van der Waals surface area contributed by atoms with E-state index in [1.807, 2.05) is 30.3 Å². The van der Waals surface area contributed by atoms with Crippen LogP contribution in [0.25, 0.3) is 0 Å². The first-order valence-electron chi connectivity index (χ1n) is 4.08.